The minimum atomic E-state index is -4.61. The van der Waals surface area contributed by atoms with Gasteiger partial charge in [0.05, 0.1) is 0 Å². The summed E-state index contributed by atoms with van der Waals surface area (Å²) < 4.78 is 37.9. The molecule has 0 fully saturated rings. The van der Waals surface area contributed by atoms with Crippen LogP contribution in [0.25, 0.3) is 6.08 Å². The maximum absolute atomic E-state index is 11.5. The molecule has 0 bridgehead atoms. The van der Waals surface area contributed by atoms with Crippen LogP contribution in [0, 0.1) is 6.61 Å². The van der Waals surface area contributed by atoms with E-state index in [0.717, 1.165) is 5.56 Å². The van der Waals surface area contributed by atoms with Crippen molar-refractivity contribution in [1.29, 1.82) is 0 Å². The van der Waals surface area contributed by atoms with Crippen molar-refractivity contribution in [2.24, 2.45) is 0 Å². The van der Waals surface area contributed by atoms with Crippen molar-refractivity contribution >= 4 is 6.08 Å². The molecule has 0 spiro atoms. The maximum atomic E-state index is 11.5. The van der Waals surface area contributed by atoms with Crippen molar-refractivity contribution in [3.8, 4) is 0 Å². The second-order valence-corrected chi connectivity index (χ2v) is 2.47. The highest BCUT2D eigenvalue weighted by molar-refractivity contribution is 5.49. The Bertz CT molecular complexity index is 290. The van der Waals surface area contributed by atoms with E-state index >= 15 is 0 Å². The maximum Gasteiger partial charge on any atom is 0.523 e. The van der Waals surface area contributed by atoms with Gasteiger partial charge in [0.25, 0.3) is 0 Å². The fourth-order valence-electron chi connectivity index (χ4n) is 0.831. The normalized spacial score (nSPS) is 12.2. The van der Waals surface area contributed by atoms with E-state index in [2.05, 4.69) is 4.74 Å². The first kappa shape index (κ1) is 10.8. The van der Waals surface area contributed by atoms with Crippen LogP contribution >= 0.6 is 0 Å². The van der Waals surface area contributed by atoms with Crippen LogP contribution in [0.15, 0.2) is 36.4 Å². The minimum Gasteiger partial charge on any atom is -0.281 e. The smallest absolute Gasteiger partial charge is 0.281 e. The summed E-state index contributed by atoms with van der Waals surface area (Å²) in [5, 5.41) is 0. The molecule has 0 aromatic heterocycles. The van der Waals surface area contributed by atoms with Gasteiger partial charge in [0.15, 0.2) is 0 Å². The standard InChI is InChI=1S/C10H8F3O/c11-10(12,13)14-8-4-7-9-5-2-1-3-6-9/h1-8H/b7-4+. The second-order valence-electron chi connectivity index (χ2n) is 2.47. The van der Waals surface area contributed by atoms with Gasteiger partial charge in [-0.25, -0.2) is 0 Å². The van der Waals surface area contributed by atoms with E-state index < -0.39 is 6.36 Å². The molecule has 1 aromatic carbocycles. The quantitative estimate of drug-likeness (QED) is 0.728. The Hall–Kier alpha value is -1.29. The predicted octanol–water partition coefficient (Wildman–Crippen LogP) is 3.40. The lowest BCUT2D eigenvalue weighted by Crippen LogP contribution is -2.10. The number of alkyl halides is 3. The van der Waals surface area contributed by atoms with E-state index in [1.54, 1.807) is 24.3 Å². The van der Waals surface area contributed by atoms with Crippen LogP contribution in [0.1, 0.15) is 5.56 Å². The van der Waals surface area contributed by atoms with Crippen LogP contribution in [0.2, 0.25) is 0 Å². The number of rotatable bonds is 3. The van der Waals surface area contributed by atoms with E-state index in [1.165, 1.54) is 12.2 Å². The molecule has 0 saturated heterocycles. The van der Waals surface area contributed by atoms with Gasteiger partial charge in [0, 0.05) is 0 Å². The van der Waals surface area contributed by atoms with E-state index in [4.69, 9.17) is 0 Å². The molecular formula is C10H8F3O. The van der Waals surface area contributed by atoms with Crippen LogP contribution in [0.5, 0.6) is 0 Å². The van der Waals surface area contributed by atoms with Gasteiger partial charge in [-0.2, -0.15) is 0 Å². The molecule has 0 aliphatic rings. The molecule has 0 aliphatic carbocycles. The van der Waals surface area contributed by atoms with Gasteiger partial charge >= 0.3 is 6.36 Å². The van der Waals surface area contributed by atoms with E-state index in [1.807, 2.05) is 6.07 Å². The van der Waals surface area contributed by atoms with Gasteiger partial charge in [-0.05, 0) is 5.56 Å². The molecule has 0 amide bonds. The summed E-state index contributed by atoms with van der Waals surface area (Å²) in [6, 6.07) is 8.97. The van der Waals surface area contributed by atoms with Crippen LogP contribution in [-0.2, 0) is 4.74 Å². The van der Waals surface area contributed by atoms with E-state index in [0.29, 0.717) is 6.61 Å². The van der Waals surface area contributed by atoms with Gasteiger partial charge in [-0.3, -0.25) is 4.74 Å². The Labute approximate surface area is 79.8 Å². The second kappa shape index (κ2) is 4.81. The summed E-state index contributed by atoms with van der Waals surface area (Å²) in [6.45, 7) is 0.604. The van der Waals surface area contributed by atoms with Crippen LogP contribution in [0.3, 0.4) is 0 Å². The van der Waals surface area contributed by atoms with Crippen LogP contribution < -0.4 is 0 Å². The summed E-state index contributed by atoms with van der Waals surface area (Å²) in [5.41, 5.74) is 0.814. The van der Waals surface area contributed by atoms with Crippen molar-refractivity contribution in [3.05, 3.63) is 48.6 Å². The fraction of sp³-hybridized carbons (Fsp3) is 0.100. The fourth-order valence-corrected chi connectivity index (χ4v) is 0.831. The largest absolute Gasteiger partial charge is 0.523 e. The predicted molar refractivity (Wildman–Crippen MR) is 46.9 cm³/mol. The van der Waals surface area contributed by atoms with Gasteiger partial charge < -0.3 is 0 Å². The monoisotopic (exact) mass is 201 g/mol. The first-order valence-electron chi connectivity index (χ1n) is 3.87. The lowest BCUT2D eigenvalue weighted by atomic mass is 10.2. The van der Waals surface area contributed by atoms with Crippen LogP contribution in [-0.4, -0.2) is 6.36 Å². The zero-order valence-electron chi connectivity index (χ0n) is 7.16. The summed E-state index contributed by atoms with van der Waals surface area (Å²) in [4.78, 5) is 0. The molecule has 75 valence electrons. The molecule has 0 saturated carbocycles. The Morgan fingerprint density at radius 3 is 2.29 bits per heavy atom. The van der Waals surface area contributed by atoms with E-state index in [9.17, 15) is 13.2 Å². The van der Waals surface area contributed by atoms with Gasteiger partial charge in [-0.15, -0.1) is 13.2 Å². The van der Waals surface area contributed by atoms with Gasteiger partial charge in [0.2, 0.25) is 0 Å². The summed E-state index contributed by atoms with van der Waals surface area (Å²) >= 11 is 0. The number of hydrogen-bond acceptors (Lipinski definition) is 1. The Morgan fingerprint density at radius 1 is 1.07 bits per heavy atom. The first-order chi connectivity index (χ1) is 6.58. The minimum absolute atomic E-state index is 0.604. The number of ether oxygens (including phenoxy) is 1. The summed E-state index contributed by atoms with van der Waals surface area (Å²) in [5.74, 6) is 0. The lowest BCUT2D eigenvalue weighted by molar-refractivity contribution is -0.306. The number of halogens is 3. The Balaban J connectivity index is 2.35. The van der Waals surface area contributed by atoms with Gasteiger partial charge in [-0.1, -0.05) is 42.5 Å². The Morgan fingerprint density at radius 2 is 1.71 bits per heavy atom. The average molecular weight is 201 g/mol. The molecule has 0 N–H and O–H groups in total. The molecule has 1 aromatic rings. The molecule has 14 heavy (non-hydrogen) atoms. The Kier molecular flexibility index (Phi) is 3.71. The summed E-state index contributed by atoms with van der Waals surface area (Å²) in [6.07, 6.45) is -1.89. The third-order valence-electron chi connectivity index (χ3n) is 1.37. The molecular weight excluding hydrogens is 193 g/mol. The van der Waals surface area contributed by atoms with Gasteiger partial charge in [0.1, 0.15) is 6.61 Å². The molecule has 1 radical (unpaired) electrons. The SMILES string of the molecule is FC(F)(F)O[CH]/C=C/c1ccccc1. The average Bonchev–Trinajstić information content (AvgIpc) is 2.13. The third kappa shape index (κ3) is 4.67. The molecule has 0 heterocycles. The van der Waals surface area contributed by atoms with Crippen molar-refractivity contribution in [2.75, 3.05) is 0 Å². The third-order valence-corrected chi connectivity index (χ3v) is 1.37. The number of benzene rings is 1. The van der Waals surface area contributed by atoms with Crippen molar-refractivity contribution in [2.45, 2.75) is 6.36 Å². The highest BCUT2D eigenvalue weighted by Gasteiger charge is 2.28. The lowest BCUT2D eigenvalue weighted by Gasteiger charge is -2.02. The summed E-state index contributed by atoms with van der Waals surface area (Å²) in [7, 11) is 0. The molecule has 0 aliphatic heterocycles. The zero-order valence-corrected chi connectivity index (χ0v) is 7.16. The van der Waals surface area contributed by atoms with Crippen LogP contribution in [0.4, 0.5) is 13.2 Å². The number of hydrogen-bond donors (Lipinski definition) is 0. The first-order valence-corrected chi connectivity index (χ1v) is 3.87. The molecule has 1 rings (SSSR count). The highest BCUT2D eigenvalue weighted by Crippen LogP contribution is 2.17. The molecule has 1 nitrogen and oxygen atoms in total. The zero-order chi connectivity index (χ0) is 10.4. The van der Waals surface area contributed by atoms with Crippen molar-refractivity contribution in [1.82, 2.24) is 0 Å². The topological polar surface area (TPSA) is 9.23 Å². The highest BCUT2D eigenvalue weighted by atomic mass is 19.4. The molecule has 0 atom stereocenters. The van der Waals surface area contributed by atoms with Crippen molar-refractivity contribution < 1.29 is 17.9 Å². The van der Waals surface area contributed by atoms with E-state index in [-0.39, 0.29) is 0 Å². The molecule has 0 unspecified atom stereocenters. The van der Waals surface area contributed by atoms with Crippen molar-refractivity contribution in [3.63, 3.8) is 0 Å². The molecule has 4 heteroatoms.